The van der Waals surface area contributed by atoms with Crippen molar-refractivity contribution in [1.29, 1.82) is 0 Å². The molecule has 1 atom stereocenters. The van der Waals surface area contributed by atoms with E-state index in [-0.39, 0.29) is 0 Å². The van der Waals surface area contributed by atoms with E-state index in [1.54, 1.807) is 0 Å². The molecule has 3 rings (SSSR count). The topological polar surface area (TPSA) is 78.9 Å². The minimum Gasteiger partial charge on any atom is -0.398 e. The summed E-state index contributed by atoms with van der Waals surface area (Å²) >= 11 is 0. The van der Waals surface area contributed by atoms with Gasteiger partial charge in [-0.15, -0.1) is 5.10 Å². The lowest BCUT2D eigenvalue weighted by atomic mass is 10.1. The lowest BCUT2D eigenvalue weighted by Gasteiger charge is -2.09. The average Bonchev–Trinajstić information content (AvgIpc) is 3.08. The van der Waals surface area contributed by atoms with Crippen LogP contribution in [0.15, 0.2) is 24.3 Å². The molecule has 1 aliphatic heterocycles. The number of aromatic nitrogens is 4. The second kappa shape index (κ2) is 5.36. The summed E-state index contributed by atoms with van der Waals surface area (Å²) in [6.45, 7) is 2.52. The predicted molar refractivity (Wildman–Crippen MR) is 71.2 cm³/mol. The van der Waals surface area contributed by atoms with E-state index in [1.807, 2.05) is 28.9 Å². The summed E-state index contributed by atoms with van der Waals surface area (Å²) in [6.07, 6.45) is 2.16. The molecule has 0 bridgehead atoms. The average molecular weight is 259 g/mol. The van der Waals surface area contributed by atoms with Gasteiger partial charge in [-0.3, -0.25) is 0 Å². The standard InChI is InChI=1S/C13H17N5O/c14-12-4-2-1-3-11(12)13-15-16-17-18(13)7-5-10-6-8-19-9-10/h1-4,10H,5-9,14H2. The van der Waals surface area contributed by atoms with Crippen LogP contribution in [0.3, 0.4) is 0 Å². The molecule has 0 saturated carbocycles. The second-order valence-electron chi connectivity index (χ2n) is 4.83. The first-order chi connectivity index (χ1) is 9.34. The van der Waals surface area contributed by atoms with Crippen LogP contribution in [0.1, 0.15) is 12.8 Å². The van der Waals surface area contributed by atoms with Crippen molar-refractivity contribution in [3.63, 3.8) is 0 Å². The summed E-state index contributed by atoms with van der Waals surface area (Å²) in [4.78, 5) is 0. The second-order valence-corrected chi connectivity index (χ2v) is 4.83. The molecule has 1 aromatic carbocycles. The summed E-state index contributed by atoms with van der Waals surface area (Å²) in [5.41, 5.74) is 7.55. The van der Waals surface area contributed by atoms with Crippen molar-refractivity contribution in [1.82, 2.24) is 20.2 Å². The maximum Gasteiger partial charge on any atom is 0.184 e. The maximum atomic E-state index is 5.97. The van der Waals surface area contributed by atoms with Gasteiger partial charge in [-0.2, -0.15) is 0 Å². The molecule has 0 radical (unpaired) electrons. The third-order valence-electron chi connectivity index (χ3n) is 3.51. The number of nitrogen functional groups attached to an aromatic ring is 1. The normalized spacial score (nSPS) is 18.8. The number of anilines is 1. The molecule has 2 N–H and O–H groups in total. The molecule has 19 heavy (non-hydrogen) atoms. The molecule has 2 heterocycles. The van der Waals surface area contributed by atoms with Crippen molar-refractivity contribution in [3.05, 3.63) is 24.3 Å². The lowest BCUT2D eigenvalue weighted by Crippen LogP contribution is -2.09. The molecule has 1 aliphatic rings. The van der Waals surface area contributed by atoms with Gasteiger partial charge < -0.3 is 10.5 Å². The van der Waals surface area contributed by atoms with E-state index in [0.29, 0.717) is 11.6 Å². The molecular formula is C13H17N5O. The van der Waals surface area contributed by atoms with E-state index in [0.717, 1.165) is 44.0 Å². The van der Waals surface area contributed by atoms with Crippen molar-refractivity contribution in [2.45, 2.75) is 19.4 Å². The van der Waals surface area contributed by atoms with Gasteiger partial charge in [0.15, 0.2) is 5.82 Å². The number of hydrogen-bond donors (Lipinski definition) is 1. The minimum absolute atomic E-state index is 0.616. The van der Waals surface area contributed by atoms with E-state index < -0.39 is 0 Å². The van der Waals surface area contributed by atoms with Gasteiger partial charge in [0.1, 0.15) is 0 Å². The van der Waals surface area contributed by atoms with Crippen molar-refractivity contribution in [2.75, 3.05) is 18.9 Å². The van der Waals surface area contributed by atoms with Crippen LogP contribution in [0, 0.1) is 5.92 Å². The fourth-order valence-corrected chi connectivity index (χ4v) is 2.36. The van der Waals surface area contributed by atoms with Gasteiger partial charge in [0, 0.05) is 31.0 Å². The number of tetrazole rings is 1. The van der Waals surface area contributed by atoms with E-state index in [4.69, 9.17) is 10.5 Å². The first-order valence-corrected chi connectivity index (χ1v) is 6.53. The van der Waals surface area contributed by atoms with E-state index in [9.17, 15) is 0 Å². The van der Waals surface area contributed by atoms with E-state index in [2.05, 4.69) is 15.5 Å². The monoisotopic (exact) mass is 259 g/mol. The Bertz CT molecular complexity index is 547. The van der Waals surface area contributed by atoms with Gasteiger partial charge in [0.2, 0.25) is 0 Å². The predicted octanol–water partition coefficient (Wildman–Crippen LogP) is 1.35. The molecule has 0 amide bonds. The highest BCUT2D eigenvalue weighted by atomic mass is 16.5. The number of ether oxygens (including phenoxy) is 1. The van der Waals surface area contributed by atoms with Crippen LogP contribution in [0.5, 0.6) is 0 Å². The van der Waals surface area contributed by atoms with Gasteiger partial charge >= 0.3 is 0 Å². The van der Waals surface area contributed by atoms with Gasteiger partial charge in [-0.05, 0) is 41.3 Å². The number of nitrogens with zero attached hydrogens (tertiary/aromatic N) is 4. The fourth-order valence-electron chi connectivity index (χ4n) is 2.36. The number of benzene rings is 1. The fraction of sp³-hybridized carbons (Fsp3) is 0.462. The highest BCUT2D eigenvalue weighted by molar-refractivity contribution is 5.70. The third kappa shape index (κ3) is 2.58. The van der Waals surface area contributed by atoms with Crippen LogP contribution < -0.4 is 5.73 Å². The largest absolute Gasteiger partial charge is 0.398 e. The van der Waals surface area contributed by atoms with Crippen LogP contribution in [0.2, 0.25) is 0 Å². The Morgan fingerprint density at radius 3 is 3.05 bits per heavy atom. The Morgan fingerprint density at radius 2 is 2.26 bits per heavy atom. The summed E-state index contributed by atoms with van der Waals surface area (Å²) in [5.74, 6) is 1.35. The molecule has 1 aromatic heterocycles. The number of hydrogen-bond acceptors (Lipinski definition) is 5. The Morgan fingerprint density at radius 1 is 1.37 bits per heavy atom. The lowest BCUT2D eigenvalue weighted by molar-refractivity contribution is 0.183. The van der Waals surface area contributed by atoms with Crippen LogP contribution in [-0.2, 0) is 11.3 Å². The van der Waals surface area contributed by atoms with E-state index in [1.165, 1.54) is 0 Å². The number of nitrogens with two attached hydrogens (primary N) is 1. The minimum atomic E-state index is 0.616. The third-order valence-corrected chi connectivity index (χ3v) is 3.51. The highest BCUT2D eigenvalue weighted by Crippen LogP contribution is 2.24. The Labute approximate surface area is 111 Å². The van der Waals surface area contributed by atoms with Crippen LogP contribution in [0.4, 0.5) is 5.69 Å². The Hall–Kier alpha value is -1.95. The van der Waals surface area contributed by atoms with Crippen molar-refractivity contribution < 1.29 is 4.74 Å². The van der Waals surface area contributed by atoms with Crippen molar-refractivity contribution >= 4 is 5.69 Å². The Kier molecular flexibility index (Phi) is 3.41. The zero-order valence-corrected chi connectivity index (χ0v) is 10.7. The molecule has 100 valence electrons. The van der Waals surface area contributed by atoms with Gasteiger partial charge in [-0.1, -0.05) is 12.1 Å². The molecule has 1 saturated heterocycles. The van der Waals surface area contributed by atoms with Crippen LogP contribution >= 0.6 is 0 Å². The van der Waals surface area contributed by atoms with Crippen LogP contribution in [0.25, 0.3) is 11.4 Å². The molecule has 6 heteroatoms. The SMILES string of the molecule is Nc1ccccc1-c1nnnn1CCC1CCOC1. The molecule has 0 aliphatic carbocycles. The molecule has 0 spiro atoms. The molecule has 1 unspecified atom stereocenters. The van der Waals surface area contributed by atoms with Gasteiger partial charge in [-0.25, -0.2) is 4.68 Å². The summed E-state index contributed by atoms with van der Waals surface area (Å²) in [7, 11) is 0. The number of para-hydroxylation sites is 1. The molecule has 2 aromatic rings. The number of rotatable bonds is 4. The van der Waals surface area contributed by atoms with Crippen LogP contribution in [-0.4, -0.2) is 33.4 Å². The first kappa shape index (κ1) is 12.1. The summed E-state index contributed by atoms with van der Waals surface area (Å²) < 4.78 is 7.20. The molecule has 6 nitrogen and oxygen atoms in total. The Balaban J connectivity index is 1.76. The summed E-state index contributed by atoms with van der Waals surface area (Å²) in [6, 6.07) is 7.65. The molecular weight excluding hydrogens is 242 g/mol. The smallest absolute Gasteiger partial charge is 0.184 e. The molecule has 1 fully saturated rings. The van der Waals surface area contributed by atoms with Gasteiger partial charge in [0.05, 0.1) is 0 Å². The van der Waals surface area contributed by atoms with Gasteiger partial charge in [0.25, 0.3) is 0 Å². The highest BCUT2D eigenvalue weighted by Gasteiger charge is 2.17. The number of aryl methyl sites for hydroxylation is 1. The van der Waals surface area contributed by atoms with Crippen molar-refractivity contribution in [3.8, 4) is 11.4 Å². The zero-order chi connectivity index (χ0) is 13.1. The first-order valence-electron chi connectivity index (χ1n) is 6.53. The zero-order valence-electron chi connectivity index (χ0n) is 10.7. The quantitative estimate of drug-likeness (QED) is 0.838. The van der Waals surface area contributed by atoms with Crippen molar-refractivity contribution in [2.24, 2.45) is 5.92 Å². The maximum absolute atomic E-state index is 5.97. The summed E-state index contributed by atoms with van der Waals surface area (Å²) in [5, 5.41) is 11.9. The van der Waals surface area contributed by atoms with E-state index >= 15 is 0 Å².